The van der Waals surface area contributed by atoms with Gasteiger partial charge in [0.25, 0.3) is 0 Å². The second-order valence-corrected chi connectivity index (χ2v) is 6.51. The Balaban J connectivity index is 1.36. The summed E-state index contributed by atoms with van der Waals surface area (Å²) in [6.07, 6.45) is 5.15. The van der Waals surface area contributed by atoms with Crippen molar-refractivity contribution in [1.29, 1.82) is 0 Å². The largest absolute Gasteiger partial charge is 0.380 e. The fourth-order valence-electron chi connectivity index (χ4n) is 2.82. The zero-order valence-corrected chi connectivity index (χ0v) is 12.8. The van der Waals surface area contributed by atoms with Gasteiger partial charge in [-0.25, -0.2) is 0 Å². The summed E-state index contributed by atoms with van der Waals surface area (Å²) >= 11 is 1.82. The van der Waals surface area contributed by atoms with Crippen LogP contribution in [0.2, 0.25) is 0 Å². The Morgan fingerprint density at radius 3 is 2.85 bits per heavy atom. The van der Waals surface area contributed by atoms with Gasteiger partial charge < -0.3 is 9.64 Å². The van der Waals surface area contributed by atoms with Gasteiger partial charge in [0.2, 0.25) is 0 Å². The number of hydrogen-bond donors (Lipinski definition) is 0. The Morgan fingerprint density at radius 2 is 1.95 bits per heavy atom. The Morgan fingerprint density at radius 1 is 1.05 bits per heavy atom. The fourth-order valence-corrected chi connectivity index (χ4v) is 3.68. The molecule has 0 unspecified atom stereocenters. The highest BCUT2D eigenvalue weighted by Gasteiger charge is 2.08. The molecule has 1 saturated heterocycles. The van der Waals surface area contributed by atoms with Gasteiger partial charge in [-0.1, -0.05) is 18.6 Å². The molecule has 1 aromatic heterocycles. The van der Waals surface area contributed by atoms with Crippen molar-refractivity contribution in [1.82, 2.24) is 4.90 Å². The first-order chi connectivity index (χ1) is 9.92. The molecule has 0 aliphatic carbocycles. The smallest absolute Gasteiger partial charge is 0.0593 e. The predicted molar refractivity (Wildman–Crippen MR) is 86.6 cm³/mol. The number of fused-ring (bicyclic) bond motifs is 1. The minimum Gasteiger partial charge on any atom is -0.380 e. The lowest BCUT2D eigenvalue weighted by atomic mass is 10.1. The number of likely N-dealkylation sites (tertiary alicyclic amines) is 1. The summed E-state index contributed by atoms with van der Waals surface area (Å²) in [6.45, 7) is 5.34. The summed E-state index contributed by atoms with van der Waals surface area (Å²) in [7, 11) is 0. The van der Waals surface area contributed by atoms with E-state index in [1.54, 1.807) is 0 Å². The highest BCUT2D eigenvalue weighted by Crippen LogP contribution is 2.22. The highest BCUT2D eigenvalue weighted by molar-refractivity contribution is 7.17. The molecule has 0 radical (unpaired) electrons. The summed E-state index contributed by atoms with van der Waals surface area (Å²) in [5.74, 6) is 0. The van der Waals surface area contributed by atoms with Gasteiger partial charge in [0.1, 0.15) is 0 Å². The molecule has 0 saturated carbocycles. The van der Waals surface area contributed by atoms with E-state index in [9.17, 15) is 0 Å². The zero-order valence-electron chi connectivity index (χ0n) is 12.0. The molecule has 0 N–H and O–H groups in total. The first-order valence-electron chi connectivity index (χ1n) is 7.68. The molecule has 0 atom stereocenters. The lowest BCUT2D eigenvalue weighted by molar-refractivity contribution is 0.0985. The van der Waals surface area contributed by atoms with Crippen LogP contribution in [-0.4, -0.2) is 37.7 Å². The molecule has 1 fully saturated rings. The van der Waals surface area contributed by atoms with Gasteiger partial charge >= 0.3 is 0 Å². The molecule has 0 bridgehead atoms. The molecular formula is C17H23NOS. The van der Waals surface area contributed by atoms with Gasteiger partial charge in [-0.15, -0.1) is 11.3 Å². The molecule has 1 aliphatic rings. The molecule has 1 aliphatic heterocycles. The third-order valence-corrected chi connectivity index (χ3v) is 4.94. The summed E-state index contributed by atoms with van der Waals surface area (Å²) in [5, 5.41) is 3.51. The van der Waals surface area contributed by atoms with Crippen LogP contribution < -0.4 is 0 Å². The Kier molecular flexibility index (Phi) is 5.06. The van der Waals surface area contributed by atoms with E-state index < -0.39 is 0 Å². The molecule has 2 nitrogen and oxygen atoms in total. The van der Waals surface area contributed by atoms with Crippen molar-refractivity contribution >= 4 is 21.4 Å². The molecule has 2 aromatic rings. The van der Waals surface area contributed by atoms with E-state index in [0.29, 0.717) is 0 Å². The Labute approximate surface area is 125 Å². The SMILES string of the molecule is c1cc2ccc(CCOCCN3CCCCC3)cc2s1. The van der Waals surface area contributed by atoms with E-state index >= 15 is 0 Å². The van der Waals surface area contributed by atoms with Gasteiger partial charge in [-0.2, -0.15) is 0 Å². The van der Waals surface area contributed by atoms with Crippen LogP contribution in [0.15, 0.2) is 29.6 Å². The number of hydrogen-bond acceptors (Lipinski definition) is 3. The summed E-state index contributed by atoms with van der Waals surface area (Å²) < 4.78 is 7.18. The average Bonchev–Trinajstić information content (AvgIpc) is 2.95. The maximum atomic E-state index is 5.80. The number of rotatable bonds is 6. The molecular weight excluding hydrogens is 266 g/mol. The van der Waals surface area contributed by atoms with Crippen molar-refractivity contribution in [3.8, 4) is 0 Å². The zero-order chi connectivity index (χ0) is 13.6. The molecule has 108 valence electrons. The van der Waals surface area contributed by atoms with Crippen molar-refractivity contribution in [3.05, 3.63) is 35.2 Å². The van der Waals surface area contributed by atoms with Crippen LogP contribution in [0.5, 0.6) is 0 Å². The number of benzene rings is 1. The topological polar surface area (TPSA) is 12.5 Å². The first-order valence-corrected chi connectivity index (χ1v) is 8.56. The van der Waals surface area contributed by atoms with Crippen molar-refractivity contribution in [2.24, 2.45) is 0 Å². The van der Waals surface area contributed by atoms with Crippen LogP contribution in [0, 0.1) is 0 Å². The molecule has 2 heterocycles. The van der Waals surface area contributed by atoms with Crippen LogP contribution in [0.25, 0.3) is 10.1 Å². The Bertz CT molecular complexity index is 531. The van der Waals surface area contributed by atoms with Crippen LogP contribution in [0.1, 0.15) is 24.8 Å². The average molecular weight is 289 g/mol. The second kappa shape index (κ2) is 7.21. The number of nitrogens with zero attached hydrogens (tertiary/aromatic N) is 1. The summed E-state index contributed by atoms with van der Waals surface area (Å²) in [4.78, 5) is 2.53. The number of piperidine rings is 1. The molecule has 0 amide bonds. The molecule has 20 heavy (non-hydrogen) atoms. The first kappa shape index (κ1) is 14.1. The Hall–Kier alpha value is -0.900. The van der Waals surface area contributed by atoms with E-state index in [1.165, 1.54) is 48.0 Å². The maximum absolute atomic E-state index is 5.80. The lowest BCUT2D eigenvalue weighted by Gasteiger charge is -2.26. The fraction of sp³-hybridized carbons (Fsp3) is 0.529. The van der Waals surface area contributed by atoms with Gasteiger partial charge in [0.15, 0.2) is 0 Å². The molecule has 0 spiro atoms. The third kappa shape index (κ3) is 3.81. The maximum Gasteiger partial charge on any atom is 0.0593 e. The third-order valence-electron chi connectivity index (χ3n) is 4.06. The van der Waals surface area contributed by atoms with Crippen molar-refractivity contribution < 1.29 is 4.74 Å². The summed E-state index contributed by atoms with van der Waals surface area (Å²) in [5.41, 5.74) is 1.39. The summed E-state index contributed by atoms with van der Waals surface area (Å²) in [6, 6.07) is 8.92. The molecule has 1 aromatic carbocycles. The van der Waals surface area contributed by atoms with Crippen LogP contribution in [0.3, 0.4) is 0 Å². The van der Waals surface area contributed by atoms with Crippen LogP contribution in [0.4, 0.5) is 0 Å². The van der Waals surface area contributed by atoms with Crippen molar-refractivity contribution in [2.75, 3.05) is 32.8 Å². The van der Waals surface area contributed by atoms with E-state index in [4.69, 9.17) is 4.74 Å². The molecule has 3 heteroatoms. The normalized spacial score (nSPS) is 16.8. The van der Waals surface area contributed by atoms with E-state index in [1.807, 2.05) is 11.3 Å². The van der Waals surface area contributed by atoms with Crippen LogP contribution in [-0.2, 0) is 11.2 Å². The lowest BCUT2D eigenvalue weighted by Crippen LogP contribution is -2.32. The van der Waals surface area contributed by atoms with Crippen molar-refractivity contribution in [2.45, 2.75) is 25.7 Å². The number of thiophene rings is 1. The minimum atomic E-state index is 0.838. The predicted octanol–water partition coefficient (Wildman–Crippen LogP) is 3.95. The van der Waals surface area contributed by atoms with E-state index in [0.717, 1.165) is 26.2 Å². The van der Waals surface area contributed by atoms with Crippen molar-refractivity contribution in [3.63, 3.8) is 0 Å². The van der Waals surface area contributed by atoms with Crippen LogP contribution >= 0.6 is 11.3 Å². The second-order valence-electron chi connectivity index (χ2n) is 5.56. The minimum absolute atomic E-state index is 0.838. The monoisotopic (exact) mass is 289 g/mol. The van der Waals surface area contributed by atoms with Gasteiger partial charge in [-0.3, -0.25) is 0 Å². The quantitative estimate of drug-likeness (QED) is 0.747. The molecule has 3 rings (SSSR count). The van der Waals surface area contributed by atoms with Gasteiger partial charge in [0.05, 0.1) is 13.2 Å². The van der Waals surface area contributed by atoms with Gasteiger partial charge in [0, 0.05) is 11.2 Å². The van der Waals surface area contributed by atoms with E-state index in [-0.39, 0.29) is 0 Å². The van der Waals surface area contributed by atoms with Gasteiger partial charge in [-0.05, 0) is 60.8 Å². The number of ether oxygens (including phenoxy) is 1. The highest BCUT2D eigenvalue weighted by atomic mass is 32.1. The standard InChI is InChI=1S/C17H23NOS/c1-2-8-18(9-3-1)10-12-19-11-6-15-4-5-16-7-13-20-17(16)14-15/h4-5,7,13-14H,1-3,6,8-12H2. The van der Waals surface area contributed by atoms with E-state index in [2.05, 4.69) is 34.5 Å².